The fourth-order valence-corrected chi connectivity index (χ4v) is 4.95. The number of fused-ring (bicyclic) bond motifs is 1. The third-order valence-electron chi connectivity index (χ3n) is 6.17. The summed E-state index contributed by atoms with van der Waals surface area (Å²) in [5.41, 5.74) is 1.59. The van der Waals surface area contributed by atoms with E-state index in [0.717, 1.165) is 50.0 Å². The summed E-state index contributed by atoms with van der Waals surface area (Å²) in [6.07, 6.45) is 2.75. The van der Waals surface area contributed by atoms with E-state index >= 15 is 0 Å². The molecule has 2 aromatic heterocycles. The summed E-state index contributed by atoms with van der Waals surface area (Å²) in [4.78, 5) is 14.6. The van der Waals surface area contributed by atoms with Gasteiger partial charge in [0.15, 0.2) is 5.58 Å². The van der Waals surface area contributed by atoms with E-state index in [1.807, 2.05) is 0 Å². The van der Waals surface area contributed by atoms with Gasteiger partial charge in [-0.25, -0.2) is 4.39 Å². The molecule has 4 aromatic rings. The topological polar surface area (TPSA) is 73.4 Å². The van der Waals surface area contributed by atoms with Gasteiger partial charge in [-0.15, -0.1) is 5.10 Å². The van der Waals surface area contributed by atoms with Crippen LogP contribution in [0.4, 0.5) is 4.39 Å². The molecular formula is C25H23Cl2FN4O3. The van der Waals surface area contributed by atoms with Crippen molar-refractivity contribution in [2.75, 3.05) is 26.2 Å². The Morgan fingerprint density at radius 3 is 2.60 bits per heavy atom. The maximum absolute atomic E-state index is 13.4. The zero-order valence-electron chi connectivity index (χ0n) is 18.8. The molecule has 0 unspecified atom stereocenters. The Morgan fingerprint density at radius 1 is 1.06 bits per heavy atom. The van der Waals surface area contributed by atoms with Gasteiger partial charge in [0.05, 0.1) is 18.0 Å². The summed E-state index contributed by atoms with van der Waals surface area (Å²) < 4.78 is 25.8. The number of nitrogens with zero attached hydrogens (tertiary/aromatic N) is 4. The first-order valence-corrected chi connectivity index (χ1v) is 12.2. The molecule has 1 aliphatic rings. The maximum Gasteiger partial charge on any atom is 0.271 e. The van der Waals surface area contributed by atoms with Crippen LogP contribution in [0, 0.1) is 5.82 Å². The first-order chi connectivity index (χ1) is 17.0. The highest BCUT2D eigenvalue weighted by molar-refractivity contribution is 6.34. The maximum atomic E-state index is 13.4. The lowest BCUT2D eigenvalue weighted by atomic mass is 9.91. The van der Waals surface area contributed by atoms with E-state index < -0.39 is 0 Å². The van der Waals surface area contributed by atoms with Crippen LogP contribution in [0.25, 0.3) is 16.7 Å². The van der Waals surface area contributed by atoms with Gasteiger partial charge in [0.1, 0.15) is 5.82 Å². The summed E-state index contributed by atoms with van der Waals surface area (Å²) in [5, 5.41) is 10.2. The van der Waals surface area contributed by atoms with Crippen molar-refractivity contribution in [3.05, 3.63) is 80.4 Å². The molecule has 0 bridgehead atoms. The van der Waals surface area contributed by atoms with Crippen LogP contribution >= 0.6 is 23.2 Å². The second-order valence-corrected chi connectivity index (χ2v) is 9.45. The van der Waals surface area contributed by atoms with Crippen LogP contribution in [0.2, 0.25) is 10.0 Å². The number of likely N-dealkylation sites (tertiary alicyclic amines) is 1. The monoisotopic (exact) mass is 516 g/mol. The van der Waals surface area contributed by atoms with E-state index in [9.17, 15) is 9.18 Å². The molecule has 0 saturated carbocycles. The summed E-state index contributed by atoms with van der Waals surface area (Å²) in [5.74, 6) is 0.341. The van der Waals surface area contributed by atoms with Crippen molar-refractivity contribution >= 4 is 34.2 Å². The van der Waals surface area contributed by atoms with Crippen molar-refractivity contribution in [2.45, 2.75) is 25.2 Å². The largest absolute Gasteiger partial charge is 0.477 e. The highest BCUT2D eigenvalue weighted by Crippen LogP contribution is 2.32. The van der Waals surface area contributed by atoms with Crippen molar-refractivity contribution in [3.63, 3.8) is 0 Å². The van der Waals surface area contributed by atoms with Crippen molar-refractivity contribution in [1.82, 2.24) is 19.8 Å². The molecule has 7 nitrogen and oxygen atoms in total. The molecule has 0 amide bonds. The quantitative estimate of drug-likeness (QED) is 0.303. The van der Waals surface area contributed by atoms with E-state index in [4.69, 9.17) is 32.5 Å². The Kier molecular flexibility index (Phi) is 7.04. The molecule has 182 valence electrons. The first kappa shape index (κ1) is 23.8. The minimum atomic E-state index is -0.319. The summed E-state index contributed by atoms with van der Waals surface area (Å²) >= 11 is 12.1. The minimum Gasteiger partial charge on any atom is -0.477 e. The third kappa shape index (κ3) is 5.50. The summed E-state index contributed by atoms with van der Waals surface area (Å²) in [6.45, 7) is 3.25. The molecule has 1 saturated heterocycles. The van der Waals surface area contributed by atoms with Crippen molar-refractivity contribution in [3.8, 4) is 11.6 Å². The van der Waals surface area contributed by atoms with Crippen LogP contribution < -0.4 is 10.3 Å². The number of hydrogen-bond donors (Lipinski definition) is 0. The molecule has 0 N–H and O–H groups in total. The number of aromatic nitrogens is 3. The SMILES string of the molecule is O=c1ccc(OCCCN2CCC(c3noc4cc(F)ccc34)CC2)nn1-c1cc(Cl)cc(Cl)c1. The van der Waals surface area contributed by atoms with E-state index in [-0.39, 0.29) is 11.4 Å². The number of rotatable bonds is 7. The Balaban J connectivity index is 1.12. The molecule has 0 spiro atoms. The predicted molar refractivity (Wildman–Crippen MR) is 132 cm³/mol. The van der Waals surface area contributed by atoms with Crippen LogP contribution in [-0.4, -0.2) is 46.1 Å². The molecule has 10 heteroatoms. The van der Waals surface area contributed by atoms with Gasteiger partial charge in [0.25, 0.3) is 5.56 Å². The Hall–Kier alpha value is -2.94. The van der Waals surface area contributed by atoms with E-state index in [2.05, 4.69) is 15.2 Å². The lowest BCUT2D eigenvalue weighted by molar-refractivity contribution is 0.189. The molecule has 0 atom stereocenters. The van der Waals surface area contributed by atoms with Crippen LogP contribution in [0.1, 0.15) is 30.9 Å². The van der Waals surface area contributed by atoms with Gasteiger partial charge in [-0.3, -0.25) is 4.79 Å². The molecule has 0 radical (unpaired) electrons. The number of hydrogen-bond acceptors (Lipinski definition) is 6. The van der Waals surface area contributed by atoms with E-state index in [0.29, 0.717) is 39.7 Å². The molecule has 3 heterocycles. The molecule has 5 rings (SSSR count). The molecule has 1 fully saturated rings. The second-order valence-electron chi connectivity index (χ2n) is 8.58. The molecule has 0 aliphatic carbocycles. The van der Waals surface area contributed by atoms with Gasteiger partial charge in [0, 0.05) is 46.1 Å². The Morgan fingerprint density at radius 2 is 1.83 bits per heavy atom. The smallest absolute Gasteiger partial charge is 0.271 e. The highest BCUT2D eigenvalue weighted by atomic mass is 35.5. The molecule has 2 aromatic carbocycles. The second kappa shape index (κ2) is 10.4. The van der Waals surface area contributed by atoms with E-state index in [1.54, 1.807) is 30.3 Å². The van der Waals surface area contributed by atoms with Crippen LogP contribution in [0.5, 0.6) is 5.88 Å². The van der Waals surface area contributed by atoms with Gasteiger partial charge in [-0.2, -0.15) is 4.68 Å². The van der Waals surface area contributed by atoms with Gasteiger partial charge in [0.2, 0.25) is 5.88 Å². The van der Waals surface area contributed by atoms with Gasteiger partial charge in [-0.1, -0.05) is 28.4 Å². The number of ether oxygens (including phenoxy) is 1. The van der Waals surface area contributed by atoms with Crippen LogP contribution in [-0.2, 0) is 0 Å². The van der Waals surface area contributed by atoms with Gasteiger partial charge in [-0.05, 0) is 62.7 Å². The number of benzene rings is 2. The number of halogens is 3. The predicted octanol–water partition coefficient (Wildman–Crippen LogP) is 5.47. The third-order valence-corrected chi connectivity index (χ3v) is 6.61. The minimum absolute atomic E-state index is 0.302. The Bertz CT molecular complexity index is 1380. The summed E-state index contributed by atoms with van der Waals surface area (Å²) in [6, 6.07) is 12.4. The average molecular weight is 517 g/mol. The average Bonchev–Trinajstić information content (AvgIpc) is 3.25. The first-order valence-electron chi connectivity index (χ1n) is 11.4. The van der Waals surface area contributed by atoms with Gasteiger partial charge < -0.3 is 14.2 Å². The molecule has 35 heavy (non-hydrogen) atoms. The standard InChI is InChI=1S/C25H23Cl2FN4O3/c26-17-12-18(27)14-20(13-17)32-24(33)5-4-23(29-32)34-11-1-8-31-9-6-16(7-10-31)25-21-3-2-19(28)15-22(21)35-30-25/h2-5,12-16H,1,6-11H2. The van der Waals surface area contributed by atoms with Crippen molar-refractivity contribution in [1.29, 1.82) is 0 Å². The van der Waals surface area contributed by atoms with Crippen LogP contribution in [0.3, 0.4) is 0 Å². The zero-order valence-corrected chi connectivity index (χ0v) is 20.3. The molecular weight excluding hydrogens is 494 g/mol. The highest BCUT2D eigenvalue weighted by Gasteiger charge is 2.25. The van der Waals surface area contributed by atoms with Crippen molar-refractivity contribution < 1.29 is 13.7 Å². The van der Waals surface area contributed by atoms with Crippen LogP contribution in [0.15, 0.2) is 57.8 Å². The Labute approximate surface area is 211 Å². The summed E-state index contributed by atoms with van der Waals surface area (Å²) in [7, 11) is 0. The van der Waals surface area contributed by atoms with Gasteiger partial charge >= 0.3 is 0 Å². The lowest BCUT2D eigenvalue weighted by Crippen LogP contribution is -2.34. The molecule has 1 aliphatic heterocycles. The van der Waals surface area contributed by atoms with E-state index in [1.165, 1.54) is 22.9 Å². The zero-order chi connectivity index (χ0) is 24.4. The fraction of sp³-hybridized carbons (Fsp3) is 0.320. The lowest BCUT2D eigenvalue weighted by Gasteiger charge is -2.31. The van der Waals surface area contributed by atoms with Crippen molar-refractivity contribution in [2.24, 2.45) is 0 Å². The number of piperidine rings is 1. The normalized spacial score (nSPS) is 15.1. The fourth-order valence-electron chi connectivity index (χ4n) is 4.44.